The predicted octanol–water partition coefficient (Wildman–Crippen LogP) is 3.45. The van der Waals surface area contributed by atoms with Gasteiger partial charge in [0.2, 0.25) is 0 Å². The van der Waals surface area contributed by atoms with Crippen molar-refractivity contribution in [3.63, 3.8) is 0 Å². The summed E-state index contributed by atoms with van der Waals surface area (Å²) in [6.45, 7) is 6.51. The minimum Gasteiger partial charge on any atom is -0.357 e. The van der Waals surface area contributed by atoms with E-state index in [1.807, 2.05) is 24.4 Å². The number of hydrogen-bond acceptors (Lipinski definition) is 3. The summed E-state index contributed by atoms with van der Waals surface area (Å²) in [5.41, 5.74) is 1.15. The molecule has 4 nitrogen and oxygen atoms in total. The van der Waals surface area contributed by atoms with Crippen molar-refractivity contribution in [1.82, 2.24) is 15.6 Å². The Bertz CT molecular complexity index is 639. The first-order chi connectivity index (χ1) is 11.2. The molecule has 0 radical (unpaired) electrons. The summed E-state index contributed by atoms with van der Waals surface area (Å²) in [6, 6.07) is 7.94. The van der Waals surface area contributed by atoms with Gasteiger partial charge in [0.05, 0.1) is 5.01 Å². The molecular formula is C17H23ClN4S. The van der Waals surface area contributed by atoms with E-state index < -0.39 is 0 Å². The molecule has 0 aliphatic carbocycles. The third-order valence-electron chi connectivity index (χ3n) is 3.25. The Hall–Kier alpha value is -1.59. The van der Waals surface area contributed by atoms with E-state index >= 15 is 0 Å². The number of hydrogen-bond donors (Lipinski definition) is 2. The van der Waals surface area contributed by atoms with Crippen molar-refractivity contribution in [3.8, 4) is 0 Å². The minimum atomic E-state index is 0.731. The quantitative estimate of drug-likeness (QED) is 0.594. The number of aromatic nitrogens is 1. The molecule has 2 N–H and O–H groups in total. The lowest BCUT2D eigenvalue weighted by Gasteiger charge is -2.11. The Morgan fingerprint density at radius 1 is 1.26 bits per heavy atom. The molecule has 124 valence electrons. The van der Waals surface area contributed by atoms with Crippen LogP contribution < -0.4 is 10.6 Å². The van der Waals surface area contributed by atoms with Crippen molar-refractivity contribution < 1.29 is 0 Å². The van der Waals surface area contributed by atoms with E-state index in [0.29, 0.717) is 0 Å². The summed E-state index contributed by atoms with van der Waals surface area (Å²) < 4.78 is 0. The van der Waals surface area contributed by atoms with E-state index in [4.69, 9.17) is 11.6 Å². The molecule has 2 rings (SSSR count). The Labute approximate surface area is 147 Å². The first-order valence-electron chi connectivity index (χ1n) is 7.86. The number of thiazole rings is 1. The van der Waals surface area contributed by atoms with Crippen LogP contribution in [0.5, 0.6) is 0 Å². The van der Waals surface area contributed by atoms with Crippen LogP contribution in [0.1, 0.15) is 22.4 Å². The molecule has 0 saturated heterocycles. The van der Waals surface area contributed by atoms with Crippen molar-refractivity contribution in [2.24, 2.45) is 4.99 Å². The smallest absolute Gasteiger partial charge is 0.191 e. The molecule has 1 aromatic carbocycles. The lowest BCUT2D eigenvalue weighted by Crippen LogP contribution is -2.38. The zero-order valence-electron chi connectivity index (χ0n) is 13.6. The van der Waals surface area contributed by atoms with Gasteiger partial charge in [-0.3, -0.25) is 4.99 Å². The van der Waals surface area contributed by atoms with Gasteiger partial charge in [0.1, 0.15) is 0 Å². The van der Waals surface area contributed by atoms with Crippen LogP contribution in [0.2, 0.25) is 5.02 Å². The number of rotatable bonds is 7. The maximum absolute atomic E-state index is 6.17. The monoisotopic (exact) mass is 350 g/mol. The van der Waals surface area contributed by atoms with Gasteiger partial charge in [-0.05, 0) is 31.9 Å². The zero-order valence-corrected chi connectivity index (χ0v) is 15.2. The van der Waals surface area contributed by atoms with Crippen LogP contribution in [0.25, 0.3) is 0 Å². The number of halogens is 1. The topological polar surface area (TPSA) is 49.3 Å². The first kappa shape index (κ1) is 17.8. The average molecular weight is 351 g/mol. The van der Waals surface area contributed by atoms with Gasteiger partial charge in [-0.2, -0.15) is 0 Å². The highest BCUT2D eigenvalue weighted by molar-refractivity contribution is 7.11. The third kappa shape index (κ3) is 6.20. The van der Waals surface area contributed by atoms with E-state index in [2.05, 4.69) is 40.5 Å². The number of benzene rings is 1. The number of aryl methyl sites for hydroxylation is 1. The molecule has 0 aliphatic heterocycles. The van der Waals surface area contributed by atoms with Gasteiger partial charge in [-0.25, -0.2) is 4.98 Å². The van der Waals surface area contributed by atoms with E-state index in [1.54, 1.807) is 11.3 Å². The van der Waals surface area contributed by atoms with Gasteiger partial charge in [-0.15, -0.1) is 11.3 Å². The second-order valence-electron chi connectivity index (χ2n) is 5.14. The largest absolute Gasteiger partial charge is 0.357 e. The Balaban J connectivity index is 1.80. The fraction of sp³-hybridized carbons (Fsp3) is 0.412. The van der Waals surface area contributed by atoms with Crippen LogP contribution in [0, 0.1) is 6.92 Å². The summed E-state index contributed by atoms with van der Waals surface area (Å²) in [7, 11) is 0. The molecule has 0 unspecified atom stereocenters. The molecule has 0 aliphatic rings. The Morgan fingerprint density at radius 3 is 2.78 bits per heavy atom. The summed E-state index contributed by atoms with van der Waals surface area (Å²) in [6.07, 6.45) is 3.66. The minimum absolute atomic E-state index is 0.731. The van der Waals surface area contributed by atoms with Gasteiger partial charge in [-0.1, -0.05) is 29.8 Å². The van der Waals surface area contributed by atoms with Crippen LogP contribution in [-0.4, -0.2) is 30.6 Å². The van der Waals surface area contributed by atoms with Crippen molar-refractivity contribution in [2.45, 2.75) is 26.7 Å². The number of aliphatic imine (C=N–C) groups is 1. The fourth-order valence-corrected chi connectivity index (χ4v) is 3.14. The zero-order chi connectivity index (χ0) is 16.5. The second-order valence-corrected chi connectivity index (χ2v) is 6.87. The molecule has 1 heterocycles. The maximum atomic E-state index is 6.17. The molecule has 0 atom stereocenters. The van der Waals surface area contributed by atoms with Crippen molar-refractivity contribution in [2.75, 3.05) is 19.6 Å². The molecule has 0 bridgehead atoms. The van der Waals surface area contributed by atoms with Gasteiger partial charge in [0.15, 0.2) is 5.96 Å². The summed E-state index contributed by atoms with van der Waals surface area (Å²) in [5.74, 6) is 0.841. The van der Waals surface area contributed by atoms with Crippen LogP contribution in [0.3, 0.4) is 0 Å². The predicted molar refractivity (Wildman–Crippen MR) is 99.7 cm³/mol. The SMILES string of the molecule is CCNC(=NCCc1ncc(C)s1)NCCc1ccccc1Cl. The molecule has 0 saturated carbocycles. The average Bonchev–Trinajstić information content (AvgIpc) is 2.94. The Kier molecular flexibility index (Phi) is 7.36. The highest BCUT2D eigenvalue weighted by Crippen LogP contribution is 2.14. The van der Waals surface area contributed by atoms with Crippen molar-refractivity contribution >= 4 is 28.9 Å². The van der Waals surface area contributed by atoms with Gasteiger partial charge >= 0.3 is 0 Å². The number of nitrogens with zero attached hydrogens (tertiary/aromatic N) is 2. The van der Waals surface area contributed by atoms with E-state index in [1.165, 1.54) is 4.88 Å². The van der Waals surface area contributed by atoms with Crippen molar-refractivity contribution in [3.05, 3.63) is 50.9 Å². The molecule has 0 spiro atoms. The van der Waals surface area contributed by atoms with Crippen LogP contribution in [0.4, 0.5) is 0 Å². The van der Waals surface area contributed by atoms with Gasteiger partial charge in [0.25, 0.3) is 0 Å². The van der Waals surface area contributed by atoms with E-state index in [0.717, 1.165) is 54.0 Å². The van der Waals surface area contributed by atoms with Gasteiger partial charge in [0, 0.05) is 42.2 Å². The van der Waals surface area contributed by atoms with Crippen LogP contribution in [0.15, 0.2) is 35.5 Å². The normalized spacial score (nSPS) is 11.5. The summed E-state index contributed by atoms with van der Waals surface area (Å²) >= 11 is 7.91. The maximum Gasteiger partial charge on any atom is 0.191 e. The molecule has 23 heavy (non-hydrogen) atoms. The lowest BCUT2D eigenvalue weighted by molar-refractivity contribution is 0.796. The molecule has 6 heteroatoms. The highest BCUT2D eigenvalue weighted by atomic mass is 35.5. The van der Waals surface area contributed by atoms with Gasteiger partial charge < -0.3 is 10.6 Å². The molecule has 0 fully saturated rings. The van der Waals surface area contributed by atoms with Crippen molar-refractivity contribution in [1.29, 1.82) is 0 Å². The first-order valence-corrected chi connectivity index (χ1v) is 9.05. The van der Waals surface area contributed by atoms with E-state index in [9.17, 15) is 0 Å². The molecular weight excluding hydrogens is 328 g/mol. The van der Waals surface area contributed by atoms with Crippen LogP contribution >= 0.6 is 22.9 Å². The highest BCUT2D eigenvalue weighted by Gasteiger charge is 2.02. The fourth-order valence-electron chi connectivity index (χ4n) is 2.14. The van der Waals surface area contributed by atoms with E-state index in [-0.39, 0.29) is 0 Å². The lowest BCUT2D eigenvalue weighted by atomic mass is 10.1. The number of nitrogens with one attached hydrogen (secondary N) is 2. The molecule has 2 aromatic rings. The second kappa shape index (κ2) is 9.53. The molecule has 1 aromatic heterocycles. The third-order valence-corrected chi connectivity index (χ3v) is 4.59. The molecule has 0 amide bonds. The Morgan fingerprint density at radius 2 is 2.09 bits per heavy atom. The number of guanidine groups is 1. The summed E-state index contributed by atoms with van der Waals surface area (Å²) in [4.78, 5) is 10.2. The summed E-state index contributed by atoms with van der Waals surface area (Å²) in [5, 5.41) is 8.57. The standard InChI is InChI=1S/C17H23ClN4S/c1-3-19-17(21-11-9-16-22-12-13(2)23-16)20-10-8-14-6-4-5-7-15(14)18/h4-7,12H,3,8-11H2,1-2H3,(H2,19,20,21). The van der Waals surface area contributed by atoms with Crippen LogP contribution in [-0.2, 0) is 12.8 Å².